The van der Waals surface area contributed by atoms with Crippen LogP contribution in [0.25, 0.3) is 0 Å². The fourth-order valence-corrected chi connectivity index (χ4v) is 2.64. The molecule has 1 N–H and O–H groups in total. The second kappa shape index (κ2) is 3.29. The predicted molar refractivity (Wildman–Crippen MR) is 55.0 cm³/mol. The molecular formula is C10H16N2S. The molecule has 0 bridgehead atoms. The molecule has 2 rings (SSSR count). The number of rotatable bonds is 2. The van der Waals surface area contributed by atoms with E-state index in [0.717, 1.165) is 17.3 Å². The molecule has 1 fully saturated rings. The van der Waals surface area contributed by atoms with Gasteiger partial charge >= 0.3 is 0 Å². The summed E-state index contributed by atoms with van der Waals surface area (Å²) in [5.41, 5.74) is 1.29. The molecule has 0 unspecified atom stereocenters. The fraction of sp³-hybridized carbons (Fsp3) is 0.700. The first kappa shape index (κ1) is 9.00. The second-order valence-electron chi connectivity index (χ2n) is 3.96. The molecule has 0 aromatic carbocycles. The van der Waals surface area contributed by atoms with Crippen molar-refractivity contribution in [3.8, 4) is 0 Å². The minimum Gasteiger partial charge on any atom is -0.321 e. The molecule has 0 atom stereocenters. The van der Waals surface area contributed by atoms with E-state index in [1.54, 1.807) is 11.3 Å². The summed E-state index contributed by atoms with van der Waals surface area (Å²) in [4.78, 5) is 2.02. The molecule has 1 aromatic rings. The number of nitrogens with one attached hydrogen (secondary N) is 1. The van der Waals surface area contributed by atoms with E-state index in [0.29, 0.717) is 0 Å². The van der Waals surface area contributed by atoms with Crippen LogP contribution in [0.1, 0.15) is 29.8 Å². The number of aryl methyl sites for hydroxylation is 1. The molecule has 1 aliphatic carbocycles. The molecule has 72 valence electrons. The van der Waals surface area contributed by atoms with Crippen molar-refractivity contribution in [2.45, 2.75) is 39.7 Å². The van der Waals surface area contributed by atoms with Gasteiger partial charge in [0.1, 0.15) is 0 Å². The molecule has 0 aliphatic heterocycles. The molecule has 2 nitrogen and oxygen atoms in total. The Morgan fingerprint density at radius 3 is 2.54 bits per heavy atom. The van der Waals surface area contributed by atoms with Gasteiger partial charge in [-0.15, -0.1) is 11.3 Å². The van der Waals surface area contributed by atoms with E-state index in [4.69, 9.17) is 5.41 Å². The Morgan fingerprint density at radius 2 is 2.15 bits per heavy atom. The van der Waals surface area contributed by atoms with E-state index in [2.05, 4.69) is 18.4 Å². The van der Waals surface area contributed by atoms with E-state index in [1.165, 1.54) is 29.8 Å². The largest absolute Gasteiger partial charge is 0.321 e. The normalized spacial score (nSPS) is 17.4. The van der Waals surface area contributed by atoms with Gasteiger partial charge in [0, 0.05) is 17.1 Å². The first-order valence-corrected chi connectivity index (χ1v) is 5.71. The summed E-state index contributed by atoms with van der Waals surface area (Å²) >= 11 is 1.60. The highest BCUT2D eigenvalue weighted by atomic mass is 32.1. The van der Waals surface area contributed by atoms with Crippen LogP contribution in [0.15, 0.2) is 0 Å². The maximum atomic E-state index is 7.81. The van der Waals surface area contributed by atoms with Gasteiger partial charge in [-0.3, -0.25) is 5.41 Å². The second-order valence-corrected chi connectivity index (χ2v) is 5.16. The molecule has 3 heteroatoms. The SMILES string of the molecule is Cc1sc(=N)n(CC2CCC2)c1C. The molecule has 0 amide bonds. The summed E-state index contributed by atoms with van der Waals surface area (Å²) in [6.45, 7) is 5.31. The number of hydrogen-bond donors (Lipinski definition) is 1. The summed E-state index contributed by atoms with van der Waals surface area (Å²) in [5, 5.41) is 7.81. The van der Waals surface area contributed by atoms with Gasteiger partial charge in [-0.2, -0.15) is 0 Å². The van der Waals surface area contributed by atoms with Crippen LogP contribution in [-0.2, 0) is 6.54 Å². The van der Waals surface area contributed by atoms with Crippen LogP contribution in [0.2, 0.25) is 0 Å². The minimum atomic E-state index is 0.724. The highest BCUT2D eigenvalue weighted by Crippen LogP contribution is 2.28. The monoisotopic (exact) mass is 196 g/mol. The van der Waals surface area contributed by atoms with Crippen molar-refractivity contribution in [3.63, 3.8) is 0 Å². The van der Waals surface area contributed by atoms with E-state index in [-0.39, 0.29) is 0 Å². The minimum absolute atomic E-state index is 0.724. The summed E-state index contributed by atoms with van der Waals surface area (Å²) < 4.78 is 2.17. The molecule has 1 aliphatic rings. The molecule has 1 saturated carbocycles. The lowest BCUT2D eigenvalue weighted by Gasteiger charge is -2.26. The Morgan fingerprint density at radius 1 is 1.46 bits per heavy atom. The van der Waals surface area contributed by atoms with E-state index in [1.807, 2.05) is 0 Å². The average molecular weight is 196 g/mol. The molecule has 0 spiro atoms. The molecule has 13 heavy (non-hydrogen) atoms. The van der Waals surface area contributed by atoms with Crippen molar-refractivity contribution in [2.24, 2.45) is 5.92 Å². The molecule has 1 aromatic heterocycles. The van der Waals surface area contributed by atoms with Crippen LogP contribution in [0, 0.1) is 25.2 Å². The smallest absolute Gasteiger partial charge is 0.182 e. The lowest BCUT2D eigenvalue weighted by Crippen LogP contribution is -2.24. The zero-order chi connectivity index (χ0) is 9.42. The lowest BCUT2D eigenvalue weighted by molar-refractivity contribution is 0.272. The number of thiazole rings is 1. The Kier molecular flexibility index (Phi) is 2.28. The average Bonchev–Trinajstić information content (AvgIpc) is 2.21. The van der Waals surface area contributed by atoms with Crippen molar-refractivity contribution in [1.82, 2.24) is 4.57 Å². The quantitative estimate of drug-likeness (QED) is 0.753. The Balaban J connectivity index is 2.22. The van der Waals surface area contributed by atoms with Crippen LogP contribution >= 0.6 is 11.3 Å². The third kappa shape index (κ3) is 1.57. The van der Waals surface area contributed by atoms with Gasteiger partial charge in [-0.05, 0) is 32.6 Å². The Labute approximate surface area is 82.7 Å². The molecule has 0 radical (unpaired) electrons. The first-order valence-electron chi connectivity index (χ1n) is 4.90. The number of nitrogens with zero attached hydrogens (tertiary/aromatic N) is 1. The van der Waals surface area contributed by atoms with Crippen LogP contribution in [0.3, 0.4) is 0 Å². The third-order valence-corrected chi connectivity index (χ3v) is 4.09. The van der Waals surface area contributed by atoms with Gasteiger partial charge in [0.05, 0.1) is 0 Å². The standard InChI is InChI=1S/C10H16N2S/c1-7-8(2)13-10(11)12(7)6-9-4-3-5-9/h9,11H,3-6H2,1-2H3. The van der Waals surface area contributed by atoms with Crippen LogP contribution in [0.4, 0.5) is 0 Å². The zero-order valence-electron chi connectivity index (χ0n) is 8.26. The van der Waals surface area contributed by atoms with Gasteiger partial charge < -0.3 is 4.57 Å². The predicted octanol–water partition coefficient (Wildman–Crippen LogP) is 2.45. The van der Waals surface area contributed by atoms with Crippen LogP contribution in [-0.4, -0.2) is 4.57 Å². The first-order chi connectivity index (χ1) is 6.18. The summed E-state index contributed by atoms with van der Waals surface area (Å²) in [7, 11) is 0. The van der Waals surface area contributed by atoms with Crippen molar-refractivity contribution < 1.29 is 0 Å². The third-order valence-electron chi connectivity index (χ3n) is 3.07. The number of hydrogen-bond acceptors (Lipinski definition) is 2. The van der Waals surface area contributed by atoms with Crippen LogP contribution in [0.5, 0.6) is 0 Å². The maximum absolute atomic E-state index is 7.81. The van der Waals surface area contributed by atoms with Crippen molar-refractivity contribution in [3.05, 3.63) is 15.4 Å². The maximum Gasteiger partial charge on any atom is 0.182 e. The van der Waals surface area contributed by atoms with Crippen molar-refractivity contribution in [1.29, 1.82) is 5.41 Å². The van der Waals surface area contributed by atoms with Gasteiger partial charge in [-0.25, -0.2) is 0 Å². The van der Waals surface area contributed by atoms with Gasteiger partial charge in [-0.1, -0.05) is 6.42 Å². The molecule has 1 heterocycles. The van der Waals surface area contributed by atoms with Gasteiger partial charge in [0.25, 0.3) is 0 Å². The highest BCUT2D eigenvalue weighted by Gasteiger charge is 2.19. The Bertz CT molecular complexity index is 357. The highest BCUT2D eigenvalue weighted by molar-refractivity contribution is 7.09. The topological polar surface area (TPSA) is 28.8 Å². The molecule has 0 saturated heterocycles. The van der Waals surface area contributed by atoms with Crippen molar-refractivity contribution >= 4 is 11.3 Å². The van der Waals surface area contributed by atoms with Crippen molar-refractivity contribution in [2.75, 3.05) is 0 Å². The van der Waals surface area contributed by atoms with Gasteiger partial charge in [0.2, 0.25) is 0 Å². The zero-order valence-corrected chi connectivity index (χ0v) is 9.08. The van der Waals surface area contributed by atoms with E-state index >= 15 is 0 Å². The lowest BCUT2D eigenvalue weighted by atomic mass is 9.85. The van der Waals surface area contributed by atoms with E-state index < -0.39 is 0 Å². The van der Waals surface area contributed by atoms with E-state index in [9.17, 15) is 0 Å². The van der Waals surface area contributed by atoms with Gasteiger partial charge in [0.15, 0.2) is 4.80 Å². The Hall–Kier alpha value is -0.570. The number of aromatic nitrogens is 1. The summed E-state index contributed by atoms with van der Waals surface area (Å²) in [5.74, 6) is 0.849. The fourth-order valence-electron chi connectivity index (χ4n) is 1.77. The summed E-state index contributed by atoms with van der Waals surface area (Å²) in [6, 6.07) is 0. The van der Waals surface area contributed by atoms with Crippen LogP contribution < -0.4 is 4.80 Å². The molecular weight excluding hydrogens is 180 g/mol. The summed E-state index contributed by atoms with van der Waals surface area (Å²) in [6.07, 6.45) is 4.11.